The number of hydrogen-bond acceptors (Lipinski definition) is 3. The van der Waals surface area contributed by atoms with Gasteiger partial charge in [0.2, 0.25) is 0 Å². The number of halogens is 1. The zero-order valence-corrected chi connectivity index (χ0v) is 11.3. The van der Waals surface area contributed by atoms with Gasteiger partial charge in [-0.2, -0.15) is 0 Å². The Morgan fingerprint density at radius 1 is 1.35 bits per heavy atom. The molecule has 0 saturated carbocycles. The summed E-state index contributed by atoms with van der Waals surface area (Å²) in [6.07, 6.45) is 0.806. The zero-order valence-electron chi connectivity index (χ0n) is 9.74. The number of carbonyl (C=O) groups is 1. The number of rotatable bonds is 7. The first-order valence-electron chi connectivity index (χ1n) is 5.36. The minimum Gasteiger partial charge on any atom is -0.484 e. The molecule has 0 unspecified atom stereocenters. The number of hydrogen-bond donors (Lipinski definition) is 1. The van der Waals surface area contributed by atoms with E-state index in [-0.39, 0.29) is 12.5 Å². The molecule has 0 aliphatic carbocycles. The summed E-state index contributed by atoms with van der Waals surface area (Å²) in [7, 11) is 1.64. The topological polar surface area (TPSA) is 47.6 Å². The van der Waals surface area contributed by atoms with Gasteiger partial charge in [-0.15, -0.1) is 0 Å². The van der Waals surface area contributed by atoms with Gasteiger partial charge in [-0.1, -0.05) is 15.9 Å². The highest BCUT2D eigenvalue weighted by Gasteiger charge is 2.01. The Hall–Kier alpha value is -1.07. The Kier molecular flexibility index (Phi) is 6.65. The molecule has 0 aliphatic heterocycles. The predicted molar refractivity (Wildman–Crippen MR) is 69.1 cm³/mol. The van der Waals surface area contributed by atoms with E-state index in [0.717, 1.165) is 10.9 Å². The van der Waals surface area contributed by atoms with E-state index in [1.54, 1.807) is 7.11 Å². The lowest BCUT2D eigenvalue weighted by molar-refractivity contribution is -0.123. The Balaban J connectivity index is 2.17. The van der Waals surface area contributed by atoms with Crippen LogP contribution in [0.4, 0.5) is 0 Å². The summed E-state index contributed by atoms with van der Waals surface area (Å²) in [6.45, 7) is 1.29. The first kappa shape index (κ1) is 14.0. The average Bonchev–Trinajstić information content (AvgIpc) is 2.34. The molecule has 1 aromatic rings. The van der Waals surface area contributed by atoms with Gasteiger partial charge in [0.05, 0.1) is 0 Å². The van der Waals surface area contributed by atoms with Gasteiger partial charge < -0.3 is 14.8 Å². The lowest BCUT2D eigenvalue weighted by atomic mass is 10.3. The van der Waals surface area contributed by atoms with Crippen molar-refractivity contribution in [2.75, 3.05) is 26.9 Å². The number of nitrogens with one attached hydrogen (secondary N) is 1. The predicted octanol–water partition coefficient (Wildman–Crippen LogP) is 1.98. The van der Waals surface area contributed by atoms with Crippen LogP contribution in [0.1, 0.15) is 6.42 Å². The molecule has 0 aromatic heterocycles. The van der Waals surface area contributed by atoms with E-state index in [0.29, 0.717) is 18.9 Å². The first-order chi connectivity index (χ1) is 8.22. The minimum atomic E-state index is -0.121. The van der Waals surface area contributed by atoms with Crippen LogP contribution >= 0.6 is 15.9 Å². The van der Waals surface area contributed by atoms with E-state index in [9.17, 15) is 4.79 Å². The molecule has 1 rings (SSSR count). The highest BCUT2D eigenvalue weighted by Crippen LogP contribution is 2.15. The second kappa shape index (κ2) is 8.08. The third-order valence-corrected chi connectivity index (χ3v) is 2.56. The van der Waals surface area contributed by atoms with Crippen LogP contribution in [-0.4, -0.2) is 32.8 Å². The first-order valence-corrected chi connectivity index (χ1v) is 6.15. The van der Waals surface area contributed by atoms with Gasteiger partial charge in [0, 0.05) is 24.7 Å². The van der Waals surface area contributed by atoms with E-state index in [4.69, 9.17) is 9.47 Å². The van der Waals surface area contributed by atoms with Crippen molar-refractivity contribution in [1.29, 1.82) is 0 Å². The van der Waals surface area contributed by atoms with Crippen molar-refractivity contribution in [3.63, 3.8) is 0 Å². The standard InChI is InChI=1S/C12H16BrNO3/c1-16-8-2-7-14-12(15)9-17-11-5-3-10(13)4-6-11/h3-6H,2,7-9H2,1H3,(H,14,15). The zero-order chi connectivity index (χ0) is 12.5. The molecule has 0 radical (unpaired) electrons. The van der Waals surface area contributed by atoms with Crippen LogP contribution in [0, 0.1) is 0 Å². The molecule has 0 atom stereocenters. The van der Waals surface area contributed by atoms with Crippen LogP contribution in [0.2, 0.25) is 0 Å². The number of benzene rings is 1. The van der Waals surface area contributed by atoms with E-state index < -0.39 is 0 Å². The van der Waals surface area contributed by atoms with Crippen LogP contribution in [-0.2, 0) is 9.53 Å². The van der Waals surface area contributed by atoms with Crippen LogP contribution in [0.25, 0.3) is 0 Å². The molecule has 1 amide bonds. The van der Waals surface area contributed by atoms with Gasteiger partial charge >= 0.3 is 0 Å². The smallest absolute Gasteiger partial charge is 0.257 e. The van der Waals surface area contributed by atoms with Gasteiger partial charge in [-0.3, -0.25) is 4.79 Å². The summed E-state index contributed by atoms with van der Waals surface area (Å²) < 4.78 is 11.2. The Morgan fingerprint density at radius 3 is 2.71 bits per heavy atom. The van der Waals surface area contributed by atoms with E-state index in [2.05, 4.69) is 21.2 Å². The largest absolute Gasteiger partial charge is 0.484 e. The van der Waals surface area contributed by atoms with E-state index in [1.165, 1.54) is 0 Å². The molecule has 0 fully saturated rings. The van der Waals surface area contributed by atoms with Crippen molar-refractivity contribution in [2.24, 2.45) is 0 Å². The molecule has 0 saturated heterocycles. The normalized spacial score (nSPS) is 10.0. The lowest BCUT2D eigenvalue weighted by Gasteiger charge is -2.07. The molecule has 4 nitrogen and oxygen atoms in total. The molecular weight excluding hydrogens is 286 g/mol. The summed E-state index contributed by atoms with van der Waals surface area (Å²) in [4.78, 5) is 11.4. The molecular formula is C12H16BrNO3. The maximum atomic E-state index is 11.4. The molecule has 0 bridgehead atoms. The quantitative estimate of drug-likeness (QED) is 0.784. The van der Waals surface area contributed by atoms with Crippen molar-refractivity contribution >= 4 is 21.8 Å². The summed E-state index contributed by atoms with van der Waals surface area (Å²) in [5, 5.41) is 2.75. The fourth-order valence-electron chi connectivity index (χ4n) is 1.18. The molecule has 0 spiro atoms. The third kappa shape index (κ3) is 6.28. The summed E-state index contributed by atoms with van der Waals surface area (Å²) in [5.41, 5.74) is 0. The summed E-state index contributed by atoms with van der Waals surface area (Å²) in [6, 6.07) is 7.35. The van der Waals surface area contributed by atoms with Gasteiger partial charge in [0.1, 0.15) is 5.75 Å². The molecule has 0 aliphatic rings. The molecule has 5 heteroatoms. The van der Waals surface area contributed by atoms with Gasteiger partial charge in [0.15, 0.2) is 6.61 Å². The SMILES string of the molecule is COCCCNC(=O)COc1ccc(Br)cc1. The maximum absolute atomic E-state index is 11.4. The number of carbonyl (C=O) groups excluding carboxylic acids is 1. The van der Waals surface area contributed by atoms with Crippen molar-refractivity contribution in [3.05, 3.63) is 28.7 Å². The van der Waals surface area contributed by atoms with Gasteiger partial charge in [0.25, 0.3) is 5.91 Å². The van der Waals surface area contributed by atoms with Gasteiger partial charge in [-0.25, -0.2) is 0 Å². The highest BCUT2D eigenvalue weighted by atomic mass is 79.9. The monoisotopic (exact) mass is 301 g/mol. The second-order valence-corrected chi connectivity index (χ2v) is 4.35. The number of ether oxygens (including phenoxy) is 2. The number of amides is 1. The van der Waals surface area contributed by atoms with Crippen LogP contribution in [0.3, 0.4) is 0 Å². The Morgan fingerprint density at radius 2 is 2.06 bits per heavy atom. The summed E-state index contributed by atoms with van der Waals surface area (Å²) >= 11 is 3.33. The molecule has 1 N–H and O–H groups in total. The molecule has 94 valence electrons. The maximum Gasteiger partial charge on any atom is 0.257 e. The van der Waals surface area contributed by atoms with Crippen molar-refractivity contribution in [3.8, 4) is 5.75 Å². The third-order valence-electron chi connectivity index (χ3n) is 2.03. The fourth-order valence-corrected chi connectivity index (χ4v) is 1.44. The van der Waals surface area contributed by atoms with Gasteiger partial charge in [-0.05, 0) is 30.7 Å². The molecule has 0 heterocycles. The van der Waals surface area contributed by atoms with Crippen molar-refractivity contribution in [1.82, 2.24) is 5.32 Å². The highest BCUT2D eigenvalue weighted by molar-refractivity contribution is 9.10. The minimum absolute atomic E-state index is 0.0363. The van der Waals surface area contributed by atoms with Crippen molar-refractivity contribution in [2.45, 2.75) is 6.42 Å². The second-order valence-electron chi connectivity index (χ2n) is 3.44. The molecule has 1 aromatic carbocycles. The van der Waals surface area contributed by atoms with E-state index in [1.807, 2.05) is 24.3 Å². The van der Waals surface area contributed by atoms with Crippen LogP contribution < -0.4 is 10.1 Å². The van der Waals surface area contributed by atoms with Crippen molar-refractivity contribution < 1.29 is 14.3 Å². The lowest BCUT2D eigenvalue weighted by Crippen LogP contribution is -2.30. The van der Waals surface area contributed by atoms with Crippen LogP contribution in [0.15, 0.2) is 28.7 Å². The fraction of sp³-hybridized carbons (Fsp3) is 0.417. The number of methoxy groups -OCH3 is 1. The van der Waals surface area contributed by atoms with E-state index >= 15 is 0 Å². The Bertz CT molecular complexity index is 340. The summed E-state index contributed by atoms with van der Waals surface area (Å²) in [5.74, 6) is 0.560. The van der Waals surface area contributed by atoms with Crippen LogP contribution in [0.5, 0.6) is 5.75 Å². The molecule has 17 heavy (non-hydrogen) atoms. The Labute approximate surface area is 109 Å². The average molecular weight is 302 g/mol.